The molecular formula is C19H19N3O3. The summed E-state index contributed by atoms with van der Waals surface area (Å²) in [6.07, 6.45) is 1.99. The molecule has 1 atom stereocenters. The number of amides is 2. The zero-order valence-electron chi connectivity index (χ0n) is 14.0. The maximum atomic E-state index is 11.9. The van der Waals surface area contributed by atoms with Crippen molar-refractivity contribution in [3.8, 4) is 17.6 Å². The van der Waals surface area contributed by atoms with Crippen LogP contribution in [0.15, 0.2) is 36.5 Å². The van der Waals surface area contributed by atoms with E-state index in [-0.39, 0.29) is 37.3 Å². The summed E-state index contributed by atoms with van der Waals surface area (Å²) in [5, 5.41) is 3.75. The molecule has 1 fully saturated rings. The van der Waals surface area contributed by atoms with E-state index in [9.17, 15) is 9.59 Å². The van der Waals surface area contributed by atoms with Crippen molar-refractivity contribution in [3.05, 3.63) is 36.5 Å². The summed E-state index contributed by atoms with van der Waals surface area (Å²) in [6, 6.07) is 9.59. The first-order chi connectivity index (χ1) is 12.1. The number of nitrogens with zero attached hydrogens (tertiary/aromatic N) is 2. The number of carbonyl (C=O) groups excluding carboxylic acids is 2. The van der Waals surface area contributed by atoms with E-state index in [0.717, 1.165) is 10.9 Å². The summed E-state index contributed by atoms with van der Waals surface area (Å²) in [7, 11) is 1.70. The summed E-state index contributed by atoms with van der Waals surface area (Å²) in [5.41, 5.74) is 0.801. The van der Waals surface area contributed by atoms with Gasteiger partial charge >= 0.3 is 0 Å². The van der Waals surface area contributed by atoms with Crippen molar-refractivity contribution in [2.75, 3.05) is 26.7 Å². The Balaban J connectivity index is 1.46. The molecule has 3 rings (SSSR count). The number of benzene rings is 1. The number of likely N-dealkylation sites (tertiary alicyclic amines) is 1. The molecule has 0 bridgehead atoms. The van der Waals surface area contributed by atoms with Crippen LogP contribution in [0.1, 0.15) is 6.42 Å². The monoisotopic (exact) mass is 337 g/mol. The number of nitrogens with one attached hydrogen (secondary N) is 1. The highest BCUT2D eigenvalue weighted by molar-refractivity contribution is 5.89. The zero-order chi connectivity index (χ0) is 17.6. The summed E-state index contributed by atoms with van der Waals surface area (Å²) >= 11 is 0. The molecule has 25 heavy (non-hydrogen) atoms. The van der Waals surface area contributed by atoms with Gasteiger partial charge in [-0.25, -0.2) is 0 Å². The van der Waals surface area contributed by atoms with E-state index in [1.165, 1.54) is 0 Å². The Morgan fingerprint density at radius 2 is 2.20 bits per heavy atom. The van der Waals surface area contributed by atoms with Crippen molar-refractivity contribution >= 4 is 22.7 Å². The number of pyridine rings is 1. The maximum absolute atomic E-state index is 11.9. The van der Waals surface area contributed by atoms with Crippen molar-refractivity contribution in [1.29, 1.82) is 0 Å². The number of rotatable bonds is 4. The van der Waals surface area contributed by atoms with Crippen LogP contribution in [0.5, 0.6) is 5.75 Å². The molecule has 1 unspecified atom stereocenters. The Kier molecular flexibility index (Phi) is 5.14. The van der Waals surface area contributed by atoms with Crippen LogP contribution < -0.4 is 10.1 Å². The minimum atomic E-state index is -0.280. The van der Waals surface area contributed by atoms with Crippen molar-refractivity contribution in [2.24, 2.45) is 5.92 Å². The third-order valence-electron chi connectivity index (χ3n) is 4.08. The van der Waals surface area contributed by atoms with Gasteiger partial charge in [0.1, 0.15) is 17.9 Å². The van der Waals surface area contributed by atoms with Crippen LogP contribution in [0.4, 0.5) is 0 Å². The molecule has 2 aromatic rings. The molecule has 2 amide bonds. The molecule has 2 heterocycles. The van der Waals surface area contributed by atoms with Gasteiger partial charge in [0, 0.05) is 31.6 Å². The number of ether oxygens (including phenoxy) is 1. The number of hydrogen-bond donors (Lipinski definition) is 1. The van der Waals surface area contributed by atoms with E-state index in [0.29, 0.717) is 12.3 Å². The summed E-state index contributed by atoms with van der Waals surface area (Å²) < 4.78 is 5.65. The normalized spacial score (nSPS) is 16.4. The first-order valence-electron chi connectivity index (χ1n) is 8.09. The predicted molar refractivity (Wildman–Crippen MR) is 93.8 cm³/mol. The van der Waals surface area contributed by atoms with E-state index in [4.69, 9.17) is 4.74 Å². The molecule has 1 saturated heterocycles. The fourth-order valence-electron chi connectivity index (χ4n) is 2.73. The standard InChI is InChI=1S/C19H19N3O3/c1-22-13-15(12-17(22)23)19(24)21-9-2-3-11-25-16-8-4-6-14-7-5-10-20-18(14)16/h4-8,10,15H,9,11-13H2,1H3,(H,21,24). The average molecular weight is 337 g/mol. The third kappa shape index (κ3) is 4.07. The lowest BCUT2D eigenvalue weighted by atomic mass is 10.1. The number of para-hydroxylation sites is 1. The molecule has 128 valence electrons. The largest absolute Gasteiger partial charge is 0.479 e. The minimum Gasteiger partial charge on any atom is -0.479 e. The van der Waals surface area contributed by atoms with E-state index >= 15 is 0 Å². The molecule has 1 aliphatic rings. The number of hydrogen-bond acceptors (Lipinski definition) is 4. The fourth-order valence-corrected chi connectivity index (χ4v) is 2.73. The summed E-state index contributed by atoms with van der Waals surface area (Å²) in [4.78, 5) is 29.3. The SMILES string of the molecule is CN1CC(C(=O)NCC#CCOc2cccc3cccnc23)CC1=O. The molecule has 0 aliphatic carbocycles. The van der Waals surface area contributed by atoms with Crippen molar-refractivity contribution < 1.29 is 14.3 Å². The minimum absolute atomic E-state index is 0.00308. The molecule has 1 aromatic heterocycles. The second kappa shape index (κ2) is 7.67. The van der Waals surface area contributed by atoms with E-state index in [2.05, 4.69) is 22.1 Å². The number of carbonyl (C=O) groups is 2. The molecule has 1 aromatic carbocycles. The van der Waals surface area contributed by atoms with Gasteiger partial charge in [0.15, 0.2) is 0 Å². The second-order valence-corrected chi connectivity index (χ2v) is 5.87. The average Bonchev–Trinajstić information content (AvgIpc) is 2.97. The van der Waals surface area contributed by atoms with Crippen LogP contribution in [-0.2, 0) is 9.59 Å². The smallest absolute Gasteiger partial charge is 0.226 e. The highest BCUT2D eigenvalue weighted by Crippen LogP contribution is 2.22. The van der Waals surface area contributed by atoms with E-state index < -0.39 is 0 Å². The molecule has 6 heteroatoms. The van der Waals surface area contributed by atoms with Crippen LogP contribution in [0, 0.1) is 17.8 Å². The van der Waals surface area contributed by atoms with Gasteiger partial charge in [0.2, 0.25) is 11.8 Å². The van der Waals surface area contributed by atoms with Crippen molar-refractivity contribution in [1.82, 2.24) is 15.2 Å². The van der Waals surface area contributed by atoms with Crippen LogP contribution in [0.25, 0.3) is 10.9 Å². The van der Waals surface area contributed by atoms with Gasteiger partial charge in [0.05, 0.1) is 12.5 Å². The molecule has 1 aliphatic heterocycles. The molecule has 1 N–H and O–H groups in total. The van der Waals surface area contributed by atoms with Gasteiger partial charge in [0.25, 0.3) is 0 Å². The molecular weight excluding hydrogens is 318 g/mol. The van der Waals surface area contributed by atoms with Gasteiger partial charge in [-0.3, -0.25) is 14.6 Å². The Hall–Kier alpha value is -3.07. The lowest BCUT2D eigenvalue weighted by molar-refractivity contribution is -0.128. The molecule has 0 spiro atoms. The zero-order valence-corrected chi connectivity index (χ0v) is 14.0. The fraction of sp³-hybridized carbons (Fsp3) is 0.316. The first-order valence-corrected chi connectivity index (χ1v) is 8.09. The lowest BCUT2D eigenvalue weighted by Gasteiger charge is -2.09. The van der Waals surface area contributed by atoms with Crippen molar-refractivity contribution in [2.45, 2.75) is 6.42 Å². The predicted octanol–water partition coefficient (Wildman–Crippen LogP) is 1.21. The maximum Gasteiger partial charge on any atom is 0.226 e. The van der Waals surface area contributed by atoms with E-state index in [1.807, 2.05) is 30.3 Å². The first kappa shape index (κ1) is 16.8. The quantitative estimate of drug-likeness (QED) is 0.852. The Bertz CT molecular complexity index is 848. The molecule has 0 saturated carbocycles. The van der Waals surface area contributed by atoms with Crippen molar-refractivity contribution in [3.63, 3.8) is 0 Å². The van der Waals surface area contributed by atoms with Gasteiger partial charge in [-0.05, 0) is 12.1 Å². The Morgan fingerprint density at radius 3 is 3.00 bits per heavy atom. The lowest BCUT2D eigenvalue weighted by Crippen LogP contribution is -2.32. The highest BCUT2D eigenvalue weighted by atomic mass is 16.5. The van der Waals surface area contributed by atoms with Gasteiger partial charge in [-0.2, -0.15) is 0 Å². The third-order valence-corrected chi connectivity index (χ3v) is 4.08. The highest BCUT2D eigenvalue weighted by Gasteiger charge is 2.31. The number of fused-ring (bicyclic) bond motifs is 1. The summed E-state index contributed by atoms with van der Waals surface area (Å²) in [6.45, 7) is 0.926. The molecule has 6 nitrogen and oxygen atoms in total. The van der Waals surface area contributed by atoms with Crippen LogP contribution in [-0.4, -0.2) is 48.4 Å². The Labute approximate surface area is 146 Å². The second-order valence-electron chi connectivity index (χ2n) is 5.87. The topological polar surface area (TPSA) is 71.5 Å². The van der Waals surface area contributed by atoms with Gasteiger partial charge in [-0.1, -0.05) is 30.0 Å². The van der Waals surface area contributed by atoms with Crippen LogP contribution in [0.2, 0.25) is 0 Å². The van der Waals surface area contributed by atoms with Gasteiger partial charge in [-0.15, -0.1) is 0 Å². The molecule has 0 radical (unpaired) electrons. The van der Waals surface area contributed by atoms with Gasteiger partial charge < -0.3 is 15.0 Å². The van der Waals surface area contributed by atoms with Crippen LogP contribution >= 0.6 is 0 Å². The Morgan fingerprint density at radius 1 is 1.36 bits per heavy atom. The summed E-state index contributed by atoms with van der Waals surface area (Å²) in [5.74, 6) is 6.00. The number of aromatic nitrogens is 1. The van der Waals surface area contributed by atoms with E-state index in [1.54, 1.807) is 18.1 Å². The van der Waals surface area contributed by atoms with Crippen LogP contribution in [0.3, 0.4) is 0 Å².